The summed E-state index contributed by atoms with van der Waals surface area (Å²) in [6.07, 6.45) is 0.745. The largest absolute Gasteiger partial charge is 0.364 e. The molecule has 1 amide bonds. The van der Waals surface area contributed by atoms with Crippen molar-refractivity contribution >= 4 is 27.5 Å². The summed E-state index contributed by atoms with van der Waals surface area (Å²) in [4.78, 5) is 12.0. The van der Waals surface area contributed by atoms with Crippen molar-refractivity contribution in [3.63, 3.8) is 0 Å². The molecule has 1 heterocycles. The molecule has 116 valence electrons. The van der Waals surface area contributed by atoms with Crippen LogP contribution >= 0.6 is 0 Å². The van der Waals surface area contributed by atoms with E-state index in [1.807, 2.05) is 0 Å². The maximum Gasteiger partial charge on any atom is 0.296 e. The van der Waals surface area contributed by atoms with Crippen LogP contribution in [0.4, 0.5) is 11.4 Å². The van der Waals surface area contributed by atoms with Gasteiger partial charge in [0, 0.05) is 12.2 Å². The molecule has 1 saturated heterocycles. The van der Waals surface area contributed by atoms with Gasteiger partial charge in [0.2, 0.25) is 0 Å². The molecule has 1 aromatic carbocycles. The third-order valence-electron chi connectivity index (χ3n) is 3.05. The Morgan fingerprint density at radius 1 is 1.33 bits per heavy atom. The van der Waals surface area contributed by atoms with Crippen LogP contribution in [-0.2, 0) is 19.7 Å². The Morgan fingerprint density at radius 3 is 2.67 bits per heavy atom. The molecular weight excluding hydrogens is 296 g/mol. The molecule has 9 heteroatoms. The topological polar surface area (TPSA) is 137 Å². The van der Waals surface area contributed by atoms with Crippen LogP contribution in [0.3, 0.4) is 0 Å². The standard InChI is InChI=1S/C12H18N4O4S/c13-7-10-4-5-11(20-10)12(17)15-8-2-1-3-9(6-8)16-21(14,18)19/h1-3,6,10-11,16H,4-5,7,13H2,(H,15,17)(H2,14,18,19). The Bertz CT molecular complexity index is 619. The molecular formula is C12H18N4O4S. The molecule has 8 nitrogen and oxygen atoms in total. The maximum atomic E-state index is 12.0. The third-order valence-corrected chi connectivity index (χ3v) is 3.57. The van der Waals surface area contributed by atoms with E-state index >= 15 is 0 Å². The number of rotatable bonds is 5. The number of carbonyl (C=O) groups excluding carboxylic acids is 1. The normalized spacial score (nSPS) is 22.0. The average molecular weight is 314 g/mol. The highest BCUT2D eigenvalue weighted by Gasteiger charge is 2.29. The third kappa shape index (κ3) is 4.67. The van der Waals surface area contributed by atoms with E-state index in [1.165, 1.54) is 12.1 Å². The van der Waals surface area contributed by atoms with Crippen LogP contribution in [0.25, 0.3) is 0 Å². The predicted octanol–water partition coefficient (Wildman–Crippen LogP) is -0.253. The number of carbonyl (C=O) groups is 1. The summed E-state index contributed by atoms with van der Waals surface area (Å²) in [5, 5.41) is 7.57. The number of nitrogens with two attached hydrogens (primary N) is 2. The van der Waals surface area contributed by atoms with E-state index in [1.54, 1.807) is 12.1 Å². The summed E-state index contributed by atoms with van der Waals surface area (Å²) in [5.41, 5.74) is 6.21. The molecule has 0 aromatic heterocycles. The van der Waals surface area contributed by atoms with Crippen LogP contribution in [0.2, 0.25) is 0 Å². The zero-order valence-electron chi connectivity index (χ0n) is 11.3. The zero-order chi connectivity index (χ0) is 15.5. The van der Waals surface area contributed by atoms with Gasteiger partial charge in [-0.25, -0.2) is 5.14 Å². The number of anilines is 2. The molecule has 21 heavy (non-hydrogen) atoms. The maximum absolute atomic E-state index is 12.0. The summed E-state index contributed by atoms with van der Waals surface area (Å²) in [7, 11) is -3.85. The van der Waals surface area contributed by atoms with Crippen molar-refractivity contribution in [2.45, 2.75) is 25.0 Å². The Hall–Kier alpha value is -1.68. The Labute approximate surface area is 123 Å². The van der Waals surface area contributed by atoms with Crippen LogP contribution < -0.4 is 20.9 Å². The number of amides is 1. The second-order valence-electron chi connectivity index (χ2n) is 4.78. The van der Waals surface area contributed by atoms with Gasteiger partial charge in [-0.1, -0.05) is 6.07 Å². The van der Waals surface area contributed by atoms with Crippen molar-refractivity contribution in [1.82, 2.24) is 0 Å². The number of hydrogen-bond donors (Lipinski definition) is 4. The van der Waals surface area contributed by atoms with Crippen molar-refractivity contribution in [2.24, 2.45) is 10.9 Å². The molecule has 0 bridgehead atoms. The van der Waals surface area contributed by atoms with Gasteiger partial charge in [-0.3, -0.25) is 9.52 Å². The van der Waals surface area contributed by atoms with Crippen LogP contribution in [0, 0.1) is 0 Å². The van der Waals surface area contributed by atoms with E-state index in [4.69, 9.17) is 15.6 Å². The molecule has 0 radical (unpaired) electrons. The van der Waals surface area contributed by atoms with Crippen molar-refractivity contribution in [1.29, 1.82) is 0 Å². The summed E-state index contributed by atoms with van der Waals surface area (Å²) in [5.74, 6) is -0.279. The van der Waals surface area contributed by atoms with Gasteiger partial charge in [-0.2, -0.15) is 8.42 Å². The van der Waals surface area contributed by atoms with Crippen LogP contribution in [0.1, 0.15) is 12.8 Å². The van der Waals surface area contributed by atoms with E-state index in [2.05, 4.69) is 10.0 Å². The molecule has 2 rings (SSSR count). The van der Waals surface area contributed by atoms with Gasteiger partial charge in [0.15, 0.2) is 0 Å². The number of hydrogen-bond acceptors (Lipinski definition) is 5. The molecule has 1 fully saturated rings. The molecule has 0 saturated carbocycles. The minimum Gasteiger partial charge on any atom is -0.364 e. The quantitative estimate of drug-likeness (QED) is 0.594. The number of benzene rings is 1. The van der Waals surface area contributed by atoms with Crippen molar-refractivity contribution < 1.29 is 17.9 Å². The molecule has 1 aromatic rings. The van der Waals surface area contributed by atoms with Gasteiger partial charge in [0.1, 0.15) is 6.10 Å². The molecule has 2 atom stereocenters. The summed E-state index contributed by atoms with van der Waals surface area (Å²) in [6.45, 7) is 0.386. The fraction of sp³-hybridized carbons (Fsp3) is 0.417. The smallest absolute Gasteiger partial charge is 0.296 e. The Balaban J connectivity index is 2.00. The highest BCUT2D eigenvalue weighted by Crippen LogP contribution is 2.21. The first kappa shape index (κ1) is 15.7. The fourth-order valence-corrected chi connectivity index (χ4v) is 2.57. The van der Waals surface area contributed by atoms with Crippen LogP contribution in [0.15, 0.2) is 24.3 Å². The van der Waals surface area contributed by atoms with Crippen LogP contribution in [-0.4, -0.2) is 33.1 Å². The van der Waals surface area contributed by atoms with Gasteiger partial charge >= 0.3 is 0 Å². The van der Waals surface area contributed by atoms with Gasteiger partial charge in [0.05, 0.1) is 11.8 Å². The first-order valence-electron chi connectivity index (χ1n) is 6.44. The lowest BCUT2D eigenvalue weighted by Gasteiger charge is -2.13. The molecule has 0 spiro atoms. The lowest BCUT2D eigenvalue weighted by Crippen LogP contribution is -2.29. The second kappa shape index (κ2) is 6.39. The minimum absolute atomic E-state index is 0.0869. The van der Waals surface area contributed by atoms with Crippen molar-refractivity contribution in [3.8, 4) is 0 Å². The lowest BCUT2D eigenvalue weighted by molar-refractivity contribution is -0.126. The monoisotopic (exact) mass is 314 g/mol. The van der Waals surface area contributed by atoms with E-state index in [0.717, 1.165) is 6.42 Å². The average Bonchev–Trinajstić information content (AvgIpc) is 2.85. The molecule has 6 N–H and O–H groups in total. The Morgan fingerprint density at radius 2 is 2.05 bits per heavy atom. The second-order valence-corrected chi connectivity index (χ2v) is 6.07. The summed E-state index contributed by atoms with van der Waals surface area (Å²) >= 11 is 0. The lowest BCUT2D eigenvalue weighted by atomic mass is 10.2. The molecule has 1 aliphatic rings. The van der Waals surface area contributed by atoms with E-state index < -0.39 is 16.3 Å². The summed E-state index contributed by atoms with van der Waals surface area (Å²) < 4.78 is 29.5. The molecule has 1 aliphatic heterocycles. The van der Waals surface area contributed by atoms with Crippen molar-refractivity contribution in [2.75, 3.05) is 16.6 Å². The predicted molar refractivity (Wildman–Crippen MR) is 78.8 cm³/mol. The van der Waals surface area contributed by atoms with E-state index in [0.29, 0.717) is 18.7 Å². The SMILES string of the molecule is NCC1CCC(C(=O)Nc2cccc(NS(N)(=O)=O)c2)O1. The highest BCUT2D eigenvalue weighted by molar-refractivity contribution is 7.90. The summed E-state index contributed by atoms with van der Waals surface area (Å²) in [6, 6.07) is 6.23. The highest BCUT2D eigenvalue weighted by atomic mass is 32.2. The fourth-order valence-electron chi connectivity index (χ4n) is 2.12. The molecule has 2 unspecified atom stereocenters. The van der Waals surface area contributed by atoms with Gasteiger partial charge in [-0.05, 0) is 31.0 Å². The number of ether oxygens (including phenoxy) is 1. The van der Waals surface area contributed by atoms with E-state index in [-0.39, 0.29) is 17.7 Å². The zero-order valence-corrected chi connectivity index (χ0v) is 12.1. The Kier molecular flexibility index (Phi) is 4.78. The van der Waals surface area contributed by atoms with E-state index in [9.17, 15) is 13.2 Å². The first-order chi connectivity index (χ1) is 9.87. The van der Waals surface area contributed by atoms with Crippen molar-refractivity contribution in [3.05, 3.63) is 24.3 Å². The van der Waals surface area contributed by atoms with Gasteiger partial charge in [-0.15, -0.1) is 0 Å². The minimum atomic E-state index is -3.85. The van der Waals surface area contributed by atoms with Gasteiger partial charge < -0.3 is 15.8 Å². The first-order valence-corrected chi connectivity index (χ1v) is 7.99. The van der Waals surface area contributed by atoms with Crippen LogP contribution in [0.5, 0.6) is 0 Å². The van der Waals surface area contributed by atoms with Gasteiger partial charge in [0.25, 0.3) is 16.1 Å². The number of nitrogens with one attached hydrogen (secondary N) is 2. The molecule has 0 aliphatic carbocycles.